The molecule has 3 fully saturated rings. The van der Waals surface area contributed by atoms with Gasteiger partial charge in [0.05, 0.1) is 13.2 Å². The SMILES string of the molecule is CCN1C(=O)[C@H]2CN(C(=O)Nc3ccc(C)c(Cl)c3)CCN2C12CCOCC2. The molecule has 3 heterocycles. The van der Waals surface area contributed by atoms with Crippen LogP contribution in [0.15, 0.2) is 18.2 Å². The molecule has 1 aromatic rings. The van der Waals surface area contributed by atoms with Gasteiger partial charge in [-0.15, -0.1) is 0 Å². The second kappa shape index (κ2) is 7.54. The van der Waals surface area contributed by atoms with Gasteiger partial charge in [-0.3, -0.25) is 9.69 Å². The highest BCUT2D eigenvalue weighted by Gasteiger charge is 2.57. The number of hydrogen-bond acceptors (Lipinski definition) is 4. The number of hydrogen-bond donors (Lipinski definition) is 1. The van der Waals surface area contributed by atoms with Gasteiger partial charge in [0.2, 0.25) is 5.91 Å². The third-order valence-corrected chi connectivity index (χ3v) is 6.70. The lowest BCUT2D eigenvalue weighted by Crippen LogP contribution is -2.62. The Morgan fingerprint density at radius 1 is 1.32 bits per heavy atom. The molecule has 1 spiro atoms. The van der Waals surface area contributed by atoms with E-state index in [0.29, 0.717) is 50.1 Å². The van der Waals surface area contributed by atoms with E-state index in [-0.39, 0.29) is 23.6 Å². The highest BCUT2D eigenvalue weighted by Crippen LogP contribution is 2.41. The summed E-state index contributed by atoms with van der Waals surface area (Å²) in [6.07, 6.45) is 1.66. The molecule has 152 valence electrons. The minimum absolute atomic E-state index is 0.125. The average Bonchev–Trinajstić information content (AvgIpc) is 2.92. The molecular weight excluding hydrogens is 380 g/mol. The van der Waals surface area contributed by atoms with Crippen LogP contribution < -0.4 is 5.32 Å². The number of rotatable bonds is 2. The van der Waals surface area contributed by atoms with E-state index in [0.717, 1.165) is 18.4 Å². The summed E-state index contributed by atoms with van der Waals surface area (Å²) >= 11 is 6.16. The maximum absolute atomic E-state index is 13.1. The number of carbonyl (C=O) groups is 2. The number of nitrogens with one attached hydrogen (secondary N) is 1. The Bertz CT molecular complexity index is 781. The van der Waals surface area contributed by atoms with Crippen LogP contribution in [0.4, 0.5) is 10.5 Å². The van der Waals surface area contributed by atoms with Crippen molar-refractivity contribution in [2.45, 2.75) is 38.4 Å². The predicted octanol–water partition coefficient (Wildman–Crippen LogP) is 2.54. The lowest BCUT2D eigenvalue weighted by atomic mass is 9.96. The summed E-state index contributed by atoms with van der Waals surface area (Å²) in [6.45, 7) is 7.66. The van der Waals surface area contributed by atoms with E-state index >= 15 is 0 Å². The summed E-state index contributed by atoms with van der Waals surface area (Å²) in [6, 6.07) is 5.00. The minimum atomic E-state index is -0.279. The molecule has 1 aromatic carbocycles. The maximum Gasteiger partial charge on any atom is 0.321 e. The van der Waals surface area contributed by atoms with Gasteiger partial charge in [-0.2, -0.15) is 0 Å². The van der Waals surface area contributed by atoms with Crippen molar-refractivity contribution in [2.75, 3.05) is 44.7 Å². The van der Waals surface area contributed by atoms with Crippen molar-refractivity contribution in [3.05, 3.63) is 28.8 Å². The first-order valence-corrected chi connectivity index (χ1v) is 10.3. The number of halogens is 1. The molecular formula is C20H27ClN4O3. The number of urea groups is 1. The third kappa shape index (κ3) is 3.15. The van der Waals surface area contributed by atoms with E-state index in [1.807, 2.05) is 30.9 Å². The van der Waals surface area contributed by atoms with Crippen molar-refractivity contribution in [1.82, 2.24) is 14.7 Å². The van der Waals surface area contributed by atoms with Gasteiger partial charge in [0, 0.05) is 49.7 Å². The number of benzene rings is 1. The number of fused-ring (bicyclic) bond motifs is 2. The first-order valence-electron chi connectivity index (χ1n) is 9.94. The minimum Gasteiger partial charge on any atom is -0.381 e. The number of carbonyl (C=O) groups excluding carboxylic acids is 2. The highest BCUT2D eigenvalue weighted by molar-refractivity contribution is 6.31. The number of amides is 3. The van der Waals surface area contributed by atoms with Crippen molar-refractivity contribution in [3.8, 4) is 0 Å². The Hall–Kier alpha value is -1.83. The van der Waals surface area contributed by atoms with Gasteiger partial charge in [0.1, 0.15) is 11.7 Å². The van der Waals surface area contributed by atoms with Crippen LogP contribution in [-0.4, -0.2) is 77.7 Å². The smallest absolute Gasteiger partial charge is 0.321 e. The number of anilines is 1. The molecule has 3 aliphatic heterocycles. The van der Waals surface area contributed by atoms with Crippen LogP contribution >= 0.6 is 11.6 Å². The van der Waals surface area contributed by atoms with Crippen LogP contribution in [0, 0.1) is 6.92 Å². The molecule has 3 saturated heterocycles. The zero-order valence-corrected chi connectivity index (χ0v) is 17.2. The summed E-state index contributed by atoms with van der Waals surface area (Å²) in [5.74, 6) is 0.125. The molecule has 0 aliphatic carbocycles. The molecule has 28 heavy (non-hydrogen) atoms. The maximum atomic E-state index is 13.1. The second-order valence-electron chi connectivity index (χ2n) is 7.73. The highest BCUT2D eigenvalue weighted by atomic mass is 35.5. The Morgan fingerprint density at radius 3 is 2.75 bits per heavy atom. The molecule has 0 bridgehead atoms. The fraction of sp³-hybridized carbons (Fsp3) is 0.600. The van der Waals surface area contributed by atoms with Gasteiger partial charge in [0.25, 0.3) is 0 Å². The van der Waals surface area contributed by atoms with Crippen molar-refractivity contribution in [1.29, 1.82) is 0 Å². The van der Waals surface area contributed by atoms with E-state index < -0.39 is 0 Å². The zero-order valence-electron chi connectivity index (χ0n) is 16.4. The molecule has 3 amide bonds. The summed E-state index contributed by atoms with van der Waals surface area (Å²) in [7, 11) is 0. The Balaban J connectivity index is 1.49. The fourth-order valence-electron chi connectivity index (χ4n) is 4.80. The first kappa shape index (κ1) is 19.5. The van der Waals surface area contributed by atoms with E-state index in [4.69, 9.17) is 16.3 Å². The summed E-state index contributed by atoms with van der Waals surface area (Å²) < 4.78 is 5.56. The molecule has 8 heteroatoms. The molecule has 0 saturated carbocycles. The van der Waals surface area contributed by atoms with Gasteiger partial charge < -0.3 is 19.9 Å². The molecule has 7 nitrogen and oxygen atoms in total. The van der Waals surface area contributed by atoms with Gasteiger partial charge in [-0.05, 0) is 31.5 Å². The molecule has 3 aliphatic rings. The summed E-state index contributed by atoms with van der Waals surface area (Å²) in [5, 5.41) is 3.53. The zero-order chi connectivity index (χ0) is 19.9. The molecule has 1 atom stereocenters. The summed E-state index contributed by atoms with van der Waals surface area (Å²) in [5.41, 5.74) is 1.38. The number of ether oxygens (including phenoxy) is 1. The van der Waals surface area contributed by atoms with E-state index in [1.54, 1.807) is 11.0 Å². The van der Waals surface area contributed by atoms with Gasteiger partial charge in [-0.25, -0.2) is 4.79 Å². The van der Waals surface area contributed by atoms with E-state index in [2.05, 4.69) is 10.2 Å². The largest absolute Gasteiger partial charge is 0.381 e. The van der Waals surface area contributed by atoms with Gasteiger partial charge >= 0.3 is 6.03 Å². The summed E-state index contributed by atoms with van der Waals surface area (Å²) in [4.78, 5) is 32.0. The van der Waals surface area contributed by atoms with Crippen molar-refractivity contribution >= 4 is 29.2 Å². The Morgan fingerprint density at radius 2 is 2.07 bits per heavy atom. The first-order chi connectivity index (χ1) is 13.5. The van der Waals surface area contributed by atoms with Gasteiger partial charge in [0.15, 0.2) is 0 Å². The normalized spacial score (nSPS) is 24.5. The monoisotopic (exact) mass is 406 g/mol. The molecule has 0 aromatic heterocycles. The Labute approximate surface area is 170 Å². The van der Waals surface area contributed by atoms with Crippen LogP contribution in [0.5, 0.6) is 0 Å². The van der Waals surface area contributed by atoms with Crippen molar-refractivity contribution in [2.24, 2.45) is 0 Å². The van der Waals surface area contributed by atoms with Gasteiger partial charge in [-0.1, -0.05) is 17.7 Å². The molecule has 0 unspecified atom stereocenters. The lowest BCUT2D eigenvalue weighted by Gasteiger charge is -2.48. The van der Waals surface area contributed by atoms with Crippen LogP contribution in [0.1, 0.15) is 25.3 Å². The third-order valence-electron chi connectivity index (χ3n) is 6.29. The second-order valence-corrected chi connectivity index (χ2v) is 8.13. The fourth-order valence-corrected chi connectivity index (χ4v) is 4.98. The predicted molar refractivity (Wildman–Crippen MR) is 107 cm³/mol. The van der Waals surface area contributed by atoms with Crippen molar-refractivity contribution < 1.29 is 14.3 Å². The number of likely N-dealkylation sites (N-methyl/N-ethyl adjacent to an activating group) is 1. The standard InChI is InChI=1S/C20H27ClN4O3/c1-3-24-18(26)17-13-23(8-9-25(17)20(24)6-10-28-11-7-20)19(27)22-15-5-4-14(2)16(21)12-15/h4-5,12,17H,3,6-11,13H2,1-2H3,(H,22,27)/t17-/m1/s1. The molecule has 0 radical (unpaired) electrons. The average molecular weight is 407 g/mol. The van der Waals surface area contributed by atoms with E-state index in [9.17, 15) is 9.59 Å². The quantitative estimate of drug-likeness (QED) is 0.819. The van der Waals surface area contributed by atoms with Crippen LogP contribution in [0.25, 0.3) is 0 Å². The molecule has 4 rings (SSSR count). The Kier molecular flexibility index (Phi) is 5.24. The number of nitrogens with zero attached hydrogens (tertiary/aromatic N) is 3. The lowest BCUT2D eigenvalue weighted by molar-refractivity contribution is -0.135. The van der Waals surface area contributed by atoms with Crippen LogP contribution in [0.2, 0.25) is 5.02 Å². The topological polar surface area (TPSA) is 65.1 Å². The van der Waals surface area contributed by atoms with E-state index in [1.165, 1.54) is 0 Å². The molecule has 1 N–H and O–H groups in total. The van der Waals surface area contributed by atoms with Crippen LogP contribution in [0.3, 0.4) is 0 Å². The number of aryl methyl sites for hydroxylation is 1. The van der Waals surface area contributed by atoms with Crippen molar-refractivity contribution in [3.63, 3.8) is 0 Å². The number of piperazine rings is 1. The van der Waals surface area contributed by atoms with Crippen LogP contribution in [-0.2, 0) is 9.53 Å².